The second kappa shape index (κ2) is 7.55. The Balaban J connectivity index is 1.80. The van der Waals surface area contributed by atoms with Crippen molar-refractivity contribution >= 4 is 23.3 Å². The topological polar surface area (TPSA) is 35.6 Å². The van der Waals surface area contributed by atoms with E-state index in [1.54, 1.807) is 0 Å². The van der Waals surface area contributed by atoms with Gasteiger partial charge in [0.05, 0.1) is 10.7 Å². The zero-order valence-corrected chi connectivity index (χ0v) is 13.6. The number of rotatable bonds is 4. The maximum atomic E-state index is 12.1. The van der Waals surface area contributed by atoms with Crippen molar-refractivity contribution in [2.45, 2.75) is 20.3 Å². The number of amides is 2. The molecule has 1 aromatic carbocycles. The van der Waals surface area contributed by atoms with Gasteiger partial charge < -0.3 is 15.1 Å². The lowest BCUT2D eigenvalue weighted by Gasteiger charge is -2.36. The van der Waals surface area contributed by atoms with Crippen molar-refractivity contribution < 1.29 is 4.79 Å². The molecule has 0 radical (unpaired) electrons. The molecule has 1 N–H and O–H groups in total. The van der Waals surface area contributed by atoms with E-state index in [2.05, 4.69) is 24.1 Å². The highest BCUT2D eigenvalue weighted by Gasteiger charge is 2.21. The van der Waals surface area contributed by atoms with Crippen LogP contribution in [0.2, 0.25) is 5.02 Å². The van der Waals surface area contributed by atoms with Gasteiger partial charge in [0.25, 0.3) is 0 Å². The number of carbonyl (C=O) groups excluding carboxylic acids is 1. The summed E-state index contributed by atoms with van der Waals surface area (Å²) in [6.45, 7) is 8.18. The minimum absolute atomic E-state index is 0.0504. The van der Waals surface area contributed by atoms with Crippen LogP contribution in [-0.2, 0) is 0 Å². The zero-order chi connectivity index (χ0) is 15.2. The molecule has 0 aliphatic carbocycles. The molecule has 116 valence electrons. The summed E-state index contributed by atoms with van der Waals surface area (Å²) >= 11 is 6.22. The molecule has 0 spiro atoms. The van der Waals surface area contributed by atoms with E-state index in [1.807, 2.05) is 29.2 Å². The van der Waals surface area contributed by atoms with Gasteiger partial charge in [0.1, 0.15) is 0 Å². The minimum atomic E-state index is 0.0504. The second-order valence-electron chi connectivity index (χ2n) is 5.84. The number of piperazine rings is 1. The Bertz CT molecular complexity index is 470. The molecule has 1 aromatic rings. The Hall–Kier alpha value is -1.42. The molecule has 21 heavy (non-hydrogen) atoms. The van der Waals surface area contributed by atoms with Crippen LogP contribution in [0.3, 0.4) is 0 Å². The highest BCUT2D eigenvalue weighted by molar-refractivity contribution is 6.33. The molecule has 0 bridgehead atoms. The van der Waals surface area contributed by atoms with Gasteiger partial charge in [-0.2, -0.15) is 0 Å². The molecule has 1 heterocycles. The Morgan fingerprint density at radius 3 is 2.52 bits per heavy atom. The predicted octanol–water partition coefficient (Wildman–Crippen LogP) is 3.22. The van der Waals surface area contributed by atoms with Gasteiger partial charge in [0.2, 0.25) is 0 Å². The van der Waals surface area contributed by atoms with Gasteiger partial charge in [-0.3, -0.25) is 0 Å². The molecular formula is C16H24ClN3O. The summed E-state index contributed by atoms with van der Waals surface area (Å²) in [5.74, 6) is 0.613. The first-order valence-corrected chi connectivity index (χ1v) is 7.98. The first-order valence-electron chi connectivity index (χ1n) is 7.60. The molecule has 0 saturated carbocycles. The lowest BCUT2D eigenvalue weighted by Crippen LogP contribution is -2.52. The number of carbonyl (C=O) groups is 1. The summed E-state index contributed by atoms with van der Waals surface area (Å²) in [4.78, 5) is 16.2. The number of urea groups is 1. The molecule has 1 aliphatic rings. The minimum Gasteiger partial charge on any atom is -0.367 e. The third-order valence-electron chi connectivity index (χ3n) is 3.76. The van der Waals surface area contributed by atoms with Crippen molar-refractivity contribution in [1.29, 1.82) is 0 Å². The summed E-state index contributed by atoms with van der Waals surface area (Å²) in [5, 5.41) is 3.76. The number of nitrogens with zero attached hydrogens (tertiary/aromatic N) is 2. The second-order valence-corrected chi connectivity index (χ2v) is 6.25. The summed E-state index contributed by atoms with van der Waals surface area (Å²) in [6, 6.07) is 7.91. The Morgan fingerprint density at radius 2 is 1.90 bits per heavy atom. The van der Waals surface area contributed by atoms with Gasteiger partial charge in [-0.1, -0.05) is 37.6 Å². The third kappa shape index (κ3) is 4.53. The number of anilines is 1. The molecule has 0 aromatic heterocycles. The van der Waals surface area contributed by atoms with Gasteiger partial charge in [-0.15, -0.1) is 0 Å². The van der Waals surface area contributed by atoms with Gasteiger partial charge in [-0.05, 0) is 24.5 Å². The summed E-state index contributed by atoms with van der Waals surface area (Å²) in [5.41, 5.74) is 1.05. The molecule has 5 heteroatoms. The van der Waals surface area contributed by atoms with Crippen molar-refractivity contribution in [2.75, 3.05) is 37.6 Å². The summed E-state index contributed by atoms with van der Waals surface area (Å²) in [6.07, 6.45) is 1.02. The molecule has 1 saturated heterocycles. The van der Waals surface area contributed by atoms with E-state index in [0.29, 0.717) is 5.92 Å². The first kappa shape index (κ1) is 16.0. The monoisotopic (exact) mass is 309 g/mol. The van der Waals surface area contributed by atoms with Crippen molar-refractivity contribution in [1.82, 2.24) is 10.2 Å². The van der Waals surface area contributed by atoms with Crippen molar-refractivity contribution in [2.24, 2.45) is 5.92 Å². The van der Waals surface area contributed by atoms with Crippen LogP contribution >= 0.6 is 11.6 Å². The molecule has 2 rings (SSSR count). The van der Waals surface area contributed by atoms with E-state index in [9.17, 15) is 4.79 Å². The largest absolute Gasteiger partial charge is 0.367 e. The number of halogens is 1. The first-order chi connectivity index (χ1) is 10.1. The SMILES string of the molecule is CC(C)CCNC(=O)N1CCN(c2ccccc2Cl)CC1. The van der Waals surface area contributed by atoms with E-state index in [-0.39, 0.29) is 6.03 Å². The van der Waals surface area contributed by atoms with Crippen LogP contribution in [0.5, 0.6) is 0 Å². The molecule has 0 atom stereocenters. The molecule has 4 nitrogen and oxygen atoms in total. The van der Waals surface area contributed by atoms with E-state index in [1.165, 1.54) is 0 Å². The predicted molar refractivity (Wildman–Crippen MR) is 88.1 cm³/mol. The fourth-order valence-corrected chi connectivity index (χ4v) is 2.69. The Morgan fingerprint density at radius 1 is 1.24 bits per heavy atom. The van der Waals surface area contributed by atoms with Gasteiger partial charge in [-0.25, -0.2) is 4.79 Å². The molecule has 2 amide bonds. The standard InChI is InChI=1S/C16H24ClN3O/c1-13(2)7-8-18-16(21)20-11-9-19(10-12-20)15-6-4-3-5-14(15)17/h3-6,13H,7-12H2,1-2H3,(H,18,21). The summed E-state index contributed by atoms with van der Waals surface area (Å²) in [7, 11) is 0. The summed E-state index contributed by atoms with van der Waals surface area (Å²) < 4.78 is 0. The molecule has 1 fully saturated rings. The lowest BCUT2D eigenvalue weighted by molar-refractivity contribution is 0.194. The fraction of sp³-hybridized carbons (Fsp3) is 0.562. The maximum Gasteiger partial charge on any atom is 0.317 e. The number of benzene rings is 1. The van der Waals surface area contributed by atoms with Crippen molar-refractivity contribution in [3.63, 3.8) is 0 Å². The van der Waals surface area contributed by atoms with Gasteiger partial charge in [0.15, 0.2) is 0 Å². The van der Waals surface area contributed by atoms with Crippen LogP contribution in [0.1, 0.15) is 20.3 Å². The van der Waals surface area contributed by atoms with E-state index in [0.717, 1.165) is 49.9 Å². The lowest BCUT2D eigenvalue weighted by atomic mass is 10.1. The average Bonchev–Trinajstić information content (AvgIpc) is 2.47. The number of nitrogens with one attached hydrogen (secondary N) is 1. The van der Waals surface area contributed by atoms with Crippen LogP contribution in [0.15, 0.2) is 24.3 Å². The Kier molecular flexibility index (Phi) is 5.74. The molecular weight excluding hydrogens is 286 g/mol. The van der Waals surface area contributed by atoms with E-state index < -0.39 is 0 Å². The number of hydrogen-bond donors (Lipinski definition) is 1. The van der Waals surface area contributed by atoms with Crippen LogP contribution < -0.4 is 10.2 Å². The fourth-order valence-electron chi connectivity index (χ4n) is 2.44. The zero-order valence-electron chi connectivity index (χ0n) is 12.8. The average molecular weight is 310 g/mol. The van der Waals surface area contributed by atoms with Crippen LogP contribution in [0, 0.1) is 5.92 Å². The van der Waals surface area contributed by atoms with Crippen LogP contribution in [-0.4, -0.2) is 43.7 Å². The Labute approximate surface area is 132 Å². The number of para-hydroxylation sites is 1. The van der Waals surface area contributed by atoms with Gasteiger partial charge >= 0.3 is 6.03 Å². The van der Waals surface area contributed by atoms with Crippen LogP contribution in [0.25, 0.3) is 0 Å². The smallest absolute Gasteiger partial charge is 0.317 e. The normalized spacial score (nSPS) is 15.4. The highest BCUT2D eigenvalue weighted by atomic mass is 35.5. The maximum absolute atomic E-state index is 12.1. The quantitative estimate of drug-likeness (QED) is 0.927. The molecule has 1 aliphatic heterocycles. The van der Waals surface area contributed by atoms with Gasteiger partial charge in [0, 0.05) is 32.7 Å². The van der Waals surface area contributed by atoms with Crippen LogP contribution in [0.4, 0.5) is 10.5 Å². The molecule has 0 unspecified atom stereocenters. The van der Waals surface area contributed by atoms with E-state index in [4.69, 9.17) is 11.6 Å². The third-order valence-corrected chi connectivity index (χ3v) is 4.08. The van der Waals surface area contributed by atoms with Crippen molar-refractivity contribution in [3.05, 3.63) is 29.3 Å². The van der Waals surface area contributed by atoms with Crippen molar-refractivity contribution in [3.8, 4) is 0 Å². The number of hydrogen-bond acceptors (Lipinski definition) is 2. The highest BCUT2D eigenvalue weighted by Crippen LogP contribution is 2.25. The van der Waals surface area contributed by atoms with E-state index >= 15 is 0 Å².